The zero-order valence-corrected chi connectivity index (χ0v) is 11.0. The molecule has 0 heterocycles. The Kier molecular flexibility index (Phi) is 4.43. The molecule has 0 aromatic carbocycles. The molecular weight excluding hydrogens is 212 g/mol. The van der Waals surface area contributed by atoms with Gasteiger partial charge in [0.25, 0.3) is 0 Å². The molecular formula is C14H26N2O. The van der Waals surface area contributed by atoms with E-state index in [1.165, 1.54) is 51.4 Å². The molecule has 0 aliphatic heterocycles. The van der Waals surface area contributed by atoms with Gasteiger partial charge in [-0.2, -0.15) is 0 Å². The van der Waals surface area contributed by atoms with E-state index in [1.54, 1.807) is 0 Å². The molecule has 2 rings (SSSR count). The lowest BCUT2D eigenvalue weighted by molar-refractivity contribution is -0.135. The van der Waals surface area contributed by atoms with Crippen molar-refractivity contribution in [2.45, 2.75) is 69.9 Å². The maximum absolute atomic E-state index is 12.2. The van der Waals surface area contributed by atoms with Crippen LogP contribution in [0.5, 0.6) is 0 Å². The Morgan fingerprint density at radius 2 is 1.82 bits per heavy atom. The summed E-state index contributed by atoms with van der Waals surface area (Å²) in [6.07, 6.45) is 11.0. The lowest BCUT2D eigenvalue weighted by Gasteiger charge is -2.36. The van der Waals surface area contributed by atoms with Gasteiger partial charge in [-0.05, 0) is 31.6 Å². The van der Waals surface area contributed by atoms with Gasteiger partial charge in [0.05, 0.1) is 6.04 Å². The van der Waals surface area contributed by atoms with Crippen molar-refractivity contribution in [3.8, 4) is 0 Å². The number of nitrogens with zero attached hydrogens (tertiary/aromatic N) is 1. The van der Waals surface area contributed by atoms with Gasteiger partial charge in [0.1, 0.15) is 0 Å². The second-order valence-electron chi connectivity index (χ2n) is 5.88. The van der Waals surface area contributed by atoms with Crippen molar-refractivity contribution < 1.29 is 4.79 Å². The molecule has 0 unspecified atom stereocenters. The molecule has 2 aliphatic rings. The Hall–Kier alpha value is -0.570. The van der Waals surface area contributed by atoms with Crippen LogP contribution < -0.4 is 5.73 Å². The lowest BCUT2D eigenvalue weighted by atomic mass is 9.84. The van der Waals surface area contributed by atoms with E-state index < -0.39 is 0 Å². The number of hydrogen-bond acceptors (Lipinski definition) is 2. The van der Waals surface area contributed by atoms with E-state index in [0.717, 1.165) is 6.42 Å². The average molecular weight is 238 g/mol. The largest absolute Gasteiger partial charge is 0.341 e. The first-order chi connectivity index (χ1) is 8.18. The molecule has 17 heavy (non-hydrogen) atoms. The van der Waals surface area contributed by atoms with Crippen molar-refractivity contribution in [1.29, 1.82) is 0 Å². The Bertz CT molecular complexity index is 257. The van der Waals surface area contributed by atoms with E-state index >= 15 is 0 Å². The minimum absolute atomic E-state index is 0.167. The number of likely N-dealkylation sites (N-methyl/N-ethyl adjacent to an activating group) is 1. The predicted molar refractivity (Wildman–Crippen MR) is 69.6 cm³/mol. The molecule has 0 bridgehead atoms. The smallest absolute Gasteiger partial charge is 0.239 e. The van der Waals surface area contributed by atoms with Crippen molar-refractivity contribution >= 4 is 5.91 Å². The molecule has 0 saturated heterocycles. The van der Waals surface area contributed by atoms with Gasteiger partial charge in [0.2, 0.25) is 5.91 Å². The molecule has 0 aromatic rings. The minimum atomic E-state index is -0.260. The number of rotatable bonds is 4. The van der Waals surface area contributed by atoms with E-state index in [1.807, 2.05) is 11.9 Å². The van der Waals surface area contributed by atoms with Crippen molar-refractivity contribution in [2.24, 2.45) is 11.7 Å². The Balaban J connectivity index is 1.77. The van der Waals surface area contributed by atoms with Crippen LogP contribution in [0, 0.1) is 5.92 Å². The number of carbonyl (C=O) groups excluding carboxylic acids is 1. The van der Waals surface area contributed by atoms with Crippen LogP contribution in [0.2, 0.25) is 0 Å². The molecule has 2 aliphatic carbocycles. The standard InChI is InChI=1S/C14H26N2O/c1-16(12-8-5-9-12)14(17)13(15)10-11-6-3-2-4-7-11/h11-13H,2-10,15H2,1H3/t13-/m0/s1. The third-order valence-corrected chi connectivity index (χ3v) is 4.60. The van der Waals surface area contributed by atoms with Gasteiger partial charge in [0.15, 0.2) is 0 Å². The Morgan fingerprint density at radius 3 is 2.35 bits per heavy atom. The third kappa shape index (κ3) is 3.21. The second kappa shape index (κ2) is 5.85. The van der Waals surface area contributed by atoms with Gasteiger partial charge in [-0.3, -0.25) is 4.79 Å². The highest BCUT2D eigenvalue weighted by atomic mass is 16.2. The zero-order chi connectivity index (χ0) is 12.3. The summed E-state index contributed by atoms with van der Waals surface area (Å²) in [6.45, 7) is 0. The molecule has 0 aromatic heterocycles. The van der Waals surface area contributed by atoms with Crippen LogP contribution in [-0.2, 0) is 4.79 Å². The normalized spacial score (nSPS) is 24.1. The van der Waals surface area contributed by atoms with E-state index in [-0.39, 0.29) is 11.9 Å². The number of nitrogens with two attached hydrogens (primary N) is 1. The third-order valence-electron chi connectivity index (χ3n) is 4.60. The first-order valence-corrected chi connectivity index (χ1v) is 7.20. The van der Waals surface area contributed by atoms with Gasteiger partial charge in [-0.1, -0.05) is 32.1 Å². The van der Waals surface area contributed by atoms with Crippen LogP contribution in [-0.4, -0.2) is 29.9 Å². The summed E-state index contributed by atoms with van der Waals surface area (Å²) < 4.78 is 0. The SMILES string of the molecule is CN(C(=O)[C@@H](N)CC1CCCCC1)C1CCC1. The summed E-state index contributed by atoms with van der Waals surface area (Å²) in [6, 6.07) is 0.212. The second-order valence-corrected chi connectivity index (χ2v) is 5.88. The molecule has 1 amide bonds. The maximum atomic E-state index is 12.2. The molecule has 2 fully saturated rings. The van der Waals surface area contributed by atoms with Gasteiger partial charge < -0.3 is 10.6 Å². The molecule has 0 spiro atoms. The van der Waals surface area contributed by atoms with Crippen LogP contribution in [0.4, 0.5) is 0 Å². The summed E-state index contributed by atoms with van der Waals surface area (Å²) in [7, 11) is 1.92. The van der Waals surface area contributed by atoms with Gasteiger partial charge in [-0.15, -0.1) is 0 Å². The summed E-state index contributed by atoms with van der Waals surface area (Å²) in [5.74, 6) is 0.859. The zero-order valence-electron chi connectivity index (χ0n) is 11.0. The quantitative estimate of drug-likeness (QED) is 0.817. The first kappa shape index (κ1) is 12.9. The minimum Gasteiger partial charge on any atom is -0.341 e. The molecule has 3 nitrogen and oxygen atoms in total. The Morgan fingerprint density at radius 1 is 1.18 bits per heavy atom. The van der Waals surface area contributed by atoms with E-state index in [4.69, 9.17) is 5.73 Å². The fourth-order valence-electron chi connectivity index (χ4n) is 3.10. The summed E-state index contributed by atoms with van der Waals surface area (Å²) in [5, 5.41) is 0. The van der Waals surface area contributed by atoms with Crippen LogP contribution in [0.1, 0.15) is 57.8 Å². The summed E-state index contributed by atoms with van der Waals surface area (Å²) in [4.78, 5) is 14.1. The molecule has 2 N–H and O–H groups in total. The van der Waals surface area contributed by atoms with E-state index in [9.17, 15) is 4.79 Å². The topological polar surface area (TPSA) is 46.3 Å². The number of carbonyl (C=O) groups is 1. The highest BCUT2D eigenvalue weighted by Gasteiger charge is 2.29. The number of hydrogen-bond donors (Lipinski definition) is 1. The molecule has 0 radical (unpaired) electrons. The number of amides is 1. The predicted octanol–water partition coefficient (Wildman–Crippen LogP) is 2.29. The fourth-order valence-corrected chi connectivity index (χ4v) is 3.10. The van der Waals surface area contributed by atoms with Crippen LogP contribution in [0.15, 0.2) is 0 Å². The van der Waals surface area contributed by atoms with Crippen molar-refractivity contribution in [2.75, 3.05) is 7.05 Å². The van der Waals surface area contributed by atoms with E-state index in [2.05, 4.69) is 0 Å². The van der Waals surface area contributed by atoms with Crippen LogP contribution >= 0.6 is 0 Å². The van der Waals surface area contributed by atoms with E-state index in [0.29, 0.717) is 12.0 Å². The lowest BCUT2D eigenvalue weighted by Crippen LogP contribution is -2.49. The highest BCUT2D eigenvalue weighted by Crippen LogP contribution is 2.28. The van der Waals surface area contributed by atoms with Gasteiger partial charge in [0, 0.05) is 13.1 Å². The van der Waals surface area contributed by atoms with Gasteiger partial charge in [-0.25, -0.2) is 0 Å². The van der Waals surface area contributed by atoms with Crippen molar-refractivity contribution in [1.82, 2.24) is 4.90 Å². The van der Waals surface area contributed by atoms with Gasteiger partial charge >= 0.3 is 0 Å². The molecule has 1 atom stereocenters. The summed E-state index contributed by atoms with van der Waals surface area (Å²) in [5.41, 5.74) is 6.07. The molecule has 3 heteroatoms. The van der Waals surface area contributed by atoms with Crippen LogP contribution in [0.25, 0.3) is 0 Å². The highest BCUT2D eigenvalue weighted by molar-refractivity contribution is 5.81. The monoisotopic (exact) mass is 238 g/mol. The fraction of sp³-hybridized carbons (Fsp3) is 0.929. The Labute approximate surface area is 105 Å². The van der Waals surface area contributed by atoms with Crippen LogP contribution in [0.3, 0.4) is 0 Å². The first-order valence-electron chi connectivity index (χ1n) is 7.20. The molecule has 2 saturated carbocycles. The van der Waals surface area contributed by atoms with Crippen molar-refractivity contribution in [3.63, 3.8) is 0 Å². The van der Waals surface area contributed by atoms with Crippen molar-refractivity contribution in [3.05, 3.63) is 0 Å². The molecule has 98 valence electrons. The summed E-state index contributed by atoms with van der Waals surface area (Å²) >= 11 is 0. The average Bonchev–Trinajstić information content (AvgIpc) is 2.27. The maximum Gasteiger partial charge on any atom is 0.239 e.